The minimum Gasteiger partial charge on any atom is -0.444 e. The van der Waals surface area contributed by atoms with Gasteiger partial charge in [0, 0.05) is 35.5 Å². The molecule has 1 aromatic carbocycles. The van der Waals surface area contributed by atoms with E-state index in [1.54, 1.807) is 23.1 Å². The van der Waals surface area contributed by atoms with Crippen LogP contribution in [-0.2, 0) is 16.0 Å². The lowest BCUT2D eigenvalue weighted by atomic mass is 9.97. The molecule has 0 saturated carbocycles. The van der Waals surface area contributed by atoms with Crippen LogP contribution >= 0.6 is 23.2 Å². The first-order valence-corrected chi connectivity index (χ1v) is 8.36. The first-order valence-electron chi connectivity index (χ1n) is 7.60. The molecule has 1 atom stereocenters. The highest BCUT2D eigenvalue weighted by atomic mass is 35.5. The van der Waals surface area contributed by atoms with E-state index < -0.39 is 5.60 Å². The van der Waals surface area contributed by atoms with Gasteiger partial charge in [0.15, 0.2) is 0 Å². The number of benzene rings is 1. The molecule has 0 N–H and O–H groups in total. The summed E-state index contributed by atoms with van der Waals surface area (Å²) in [5, 5.41) is 1.04. The van der Waals surface area contributed by atoms with E-state index in [0.29, 0.717) is 29.6 Å². The fraction of sp³-hybridized carbons (Fsp3) is 0.529. The van der Waals surface area contributed by atoms with Gasteiger partial charge >= 0.3 is 6.09 Å². The first kappa shape index (κ1) is 18.1. The number of halogens is 2. The fourth-order valence-electron chi connectivity index (χ4n) is 2.51. The maximum atomic E-state index is 12.4. The molecule has 1 heterocycles. The number of carbonyl (C=O) groups excluding carboxylic acids is 2. The third-order valence-electron chi connectivity index (χ3n) is 3.68. The molecule has 1 saturated heterocycles. The van der Waals surface area contributed by atoms with E-state index in [4.69, 9.17) is 27.9 Å². The van der Waals surface area contributed by atoms with Crippen LogP contribution < -0.4 is 0 Å². The van der Waals surface area contributed by atoms with E-state index in [0.717, 1.165) is 5.56 Å². The zero-order valence-corrected chi connectivity index (χ0v) is 15.1. The second-order valence-electron chi connectivity index (χ2n) is 6.79. The quantitative estimate of drug-likeness (QED) is 0.807. The largest absolute Gasteiger partial charge is 0.444 e. The highest BCUT2D eigenvalue weighted by Gasteiger charge is 2.33. The molecule has 1 aromatic rings. The minimum absolute atomic E-state index is 0.0836. The molecule has 0 radical (unpaired) electrons. The molecule has 0 aromatic heterocycles. The summed E-state index contributed by atoms with van der Waals surface area (Å²) in [5.74, 6) is -0.0884. The number of ether oxygens (including phenoxy) is 1. The molecule has 126 valence electrons. The Hall–Kier alpha value is -1.26. The number of Topliss-reactive ketones (excluding diaryl/α,β-unsaturated/α-hetero) is 1. The van der Waals surface area contributed by atoms with Gasteiger partial charge in [-0.15, -0.1) is 0 Å². The molecule has 1 amide bonds. The third kappa shape index (κ3) is 5.11. The molecular weight excluding hydrogens is 337 g/mol. The Labute approximate surface area is 146 Å². The van der Waals surface area contributed by atoms with Crippen LogP contribution in [0.4, 0.5) is 4.79 Å². The van der Waals surface area contributed by atoms with E-state index in [-0.39, 0.29) is 24.2 Å². The topological polar surface area (TPSA) is 46.6 Å². The van der Waals surface area contributed by atoms with Gasteiger partial charge in [0.05, 0.1) is 0 Å². The van der Waals surface area contributed by atoms with Gasteiger partial charge in [0.1, 0.15) is 11.4 Å². The standard InChI is InChI=1S/C17H21Cl2NO3/c1-17(2,3)23-16(22)20-7-6-12(10-20)15(21)8-11-4-5-13(18)9-14(11)19/h4-5,9,12H,6-8,10H2,1-3H3. The van der Waals surface area contributed by atoms with E-state index in [1.165, 1.54) is 0 Å². The normalized spacial score (nSPS) is 18.1. The molecular formula is C17H21Cl2NO3. The molecule has 1 aliphatic heterocycles. The van der Waals surface area contributed by atoms with Gasteiger partial charge in [0.25, 0.3) is 0 Å². The van der Waals surface area contributed by atoms with Crippen molar-refractivity contribution in [2.45, 2.75) is 39.2 Å². The summed E-state index contributed by atoms with van der Waals surface area (Å²) in [6.07, 6.45) is 0.545. The number of rotatable bonds is 3. The van der Waals surface area contributed by atoms with Crippen molar-refractivity contribution >= 4 is 35.1 Å². The summed E-state index contributed by atoms with van der Waals surface area (Å²) in [6.45, 7) is 6.42. The predicted molar refractivity (Wildman–Crippen MR) is 91.1 cm³/mol. The van der Waals surface area contributed by atoms with Gasteiger partial charge in [0.2, 0.25) is 0 Å². The molecule has 4 nitrogen and oxygen atoms in total. The Bertz CT molecular complexity index is 610. The van der Waals surface area contributed by atoms with Crippen molar-refractivity contribution in [1.29, 1.82) is 0 Å². The number of likely N-dealkylation sites (tertiary alicyclic amines) is 1. The highest BCUT2D eigenvalue weighted by Crippen LogP contribution is 2.25. The minimum atomic E-state index is -0.532. The number of hydrogen-bond acceptors (Lipinski definition) is 3. The lowest BCUT2D eigenvalue weighted by Crippen LogP contribution is -2.36. The average Bonchev–Trinajstić information content (AvgIpc) is 2.90. The molecule has 0 aliphatic carbocycles. The SMILES string of the molecule is CC(C)(C)OC(=O)N1CCC(C(=O)Cc2ccc(Cl)cc2Cl)C1. The van der Waals surface area contributed by atoms with Gasteiger partial charge in [-0.3, -0.25) is 4.79 Å². The zero-order valence-electron chi connectivity index (χ0n) is 13.6. The van der Waals surface area contributed by atoms with Gasteiger partial charge < -0.3 is 9.64 Å². The Kier molecular flexibility index (Phi) is 5.58. The smallest absolute Gasteiger partial charge is 0.410 e. The Balaban J connectivity index is 1.93. The van der Waals surface area contributed by atoms with Crippen LogP contribution in [0.25, 0.3) is 0 Å². The zero-order chi connectivity index (χ0) is 17.2. The Morgan fingerprint density at radius 2 is 2.00 bits per heavy atom. The van der Waals surface area contributed by atoms with Crippen LogP contribution in [0.3, 0.4) is 0 Å². The van der Waals surface area contributed by atoms with E-state index in [2.05, 4.69) is 0 Å². The summed E-state index contributed by atoms with van der Waals surface area (Å²) < 4.78 is 5.34. The molecule has 23 heavy (non-hydrogen) atoms. The third-order valence-corrected chi connectivity index (χ3v) is 4.26. The second-order valence-corrected chi connectivity index (χ2v) is 7.63. The first-order chi connectivity index (χ1) is 10.7. The second kappa shape index (κ2) is 7.10. The van der Waals surface area contributed by atoms with Crippen molar-refractivity contribution in [2.75, 3.05) is 13.1 Å². The van der Waals surface area contributed by atoms with Crippen molar-refractivity contribution in [2.24, 2.45) is 5.92 Å². The predicted octanol–water partition coefficient (Wildman–Crippen LogP) is 4.36. The van der Waals surface area contributed by atoms with Crippen molar-refractivity contribution in [1.82, 2.24) is 4.90 Å². The number of amides is 1. The van der Waals surface area contributed by atoms with Crippen LogP contribution in [-0.4, -0.2) is 35.5 Å². The lowest BCUT2D eigenvalue weighted by molar-refractivity contribution is -0.121. The molecule has 0 bridgehead atoms. The van der Waals surface area contributed by atoms with Crippen molar-refractivity contribution in [3.05, 3.63) is 33.8 Å². The highest BCUT2D eigenvalue weighted by molar-refractivity contribution is 6.35. The van der Waals surface area contributed by atoms with Gasteiger partial charge in [-0.25, -0.2) is 4.79 Å². The van der Waals surface area contributed by atoms with E-state index >= 15 is 0 Å². The van der Waals surface area contributed by atoms with Crippen molar-refractivity contribution in [3.63, 3.8) is 0 Å². The maximum absolute atomic E-state index is 12.4. The maximum Gasteiger partial charge on any atom is 0.410 e. The summed E-state index contributed by atoms with van der Waals surface area (Å²) in [4.78, 5) is 26.1. The van der Waals surface area contributed by atoms with Crippen molar-refractivity contribution in [3.8, 4) is 0 Å². The molecule has 6 heteroatoms. The van der Waals surface area contributed by atoms with Crippen LogP contribution in [0.1, 0.15) is 32.8 Å². The molecule has 1 aliphatic rings. The van der Waals surface area contributed by atoms with Crippen molar-refractivity contribution < 1.29 is 14.3 Å². The van der Waals surface area contributed by atoms with Crippen LogP contribution in [0, 0.1) is 5.92 Å². The van der Waals surface area contributed by atoms with Gasteiger partial charge in [-0.05, 0) is 44.9 Å². The Morgan fingerprint density at radius 1 is 1.30 bits per heavy atom. The van der Waals surface area contributed by atoms with E-state index in [1.807, 2.05) is 20.8 Å². The number of ketones is 1. The molecule has 1 fully saturated rings. The fourth-order valence-corrected chi connectivity index (χ4v) is 2.99. The van der Waals surface area contributed by atoms with Crippen LogP contribution in [0.2, 0.25) is 10.0 Å². The summed E-state index contributed by atoms with van der Waals surface area (Å²) in [5.41, 5.74) is 0.229. The number of carbonyl (C=O) groups is 2. The number of hydrogen-bond donors (Lipinski definition) is 0. The van der Waals surface area contributed by atoms with Crippen LogP contribution in [0.15, 0.2) is 18.2 Å². The average molecular weight is 358 g/mol. The van der Waals surface area contributed by atoms with Gasteiger partial charge in [-0.2, -0.15) is 0 Å². The molecule has 1 unspecified atom stereocenters. The molecule has 0 spiro atoms. The van der Waals surface area contributed by atoms with Gasteiger partial charge in [-0.1, -0.05) is 29.3 Å². The number of nitrogens with zero attached hydrogens (tertiary/aromatic N) is 1. The van der Waals surface area contributed by atoms with E-state index in [9.17, 15) is 9.59 Å². The lowest BCUT2D eigenvalue weighted by Gasteiger charge is -2.24. The Morgan fingerprint density at radius 3 is 2.61 bits per heavy atom. The summed E-state index contributed by atoms with van der Waals surface area (Å²) in [7, 11) is 0. The monoisotopic (exact) mass is 357 g/mol. The summed E-state index contributed by atoms with van der Waals surface area (Å²) >= 11 is 12.0. The summed E-state index contributed by atoms with van der Waals surface area (Å²) in [6, 6.07) is 5.12. The van der Waals surface area contributed by atoms with Crippen LogP contribution in [0.5, 0.6) is 0 Å². The molecule has 2 rings (SSSR count).